The number of para-hydroxylation sites is 2. The number of aromatic nitrogens is 2. The lowest BCUT2D eigenvalue weighted by atomic mass is 10.0. The number of hydrogen-bond acceptors (Lipinski definition) is 2. The second kappa shape index (κ2) is 4.27. The minimum Gasteiger partial charge on any atom is -0.493 e. The molecule has 4 nitrogen and oxygen atoms in total. The van der Waals surface area contributed by atoms with Crippen LogP contribution in [0.5, 0.6) is 5.75 Å². The third-order valence-electron chi connectivity index (χ3n) is 3.86. The maximum absolute atomic E-state index is 12.5. The molecule has 1 unspecified atom stereocenters. The van der Waals surface area contributed by atoms with Crippen molar-refractivity contribution in [3.05, 3.63) is 64.4 Å². The minimum absolute atomic E-state index is 0.0137. The molecular formula is C16H14N2O2. The van der Waals surface area contributed by atoms with Crippen LogP contribution in [0.25, 0.3) is 10.9 Å². The fourth-order valence-corrected chi connectivity index (χ4v) is 2.89. The maximum atomic E-state index is 12.5. The first-order valence-corrected chi connectivity index (χ1v) is 6.75. The van der Waals surface area contributed by atoms with Gasteiger partial charge in [-0.25, -0.2) is 4.68 Å². The molecule has 4 heteroatoms. The lowest BCUT2D eigenvalue weighted by molar-refractivity contribution is 0.249. The molecule has 0 saturated heterocycles. The van der Waals surface area contributed by atoms with Crippen LogP contribution in [0.15, 0.2) is 53.3 Å². The van der Waals surface area contributed by atoms with Crippen molar-refractivity contribution in [1.82, 2.24) is 9.78 Å². The second-order valence-corrected chi connectivity index (χ2v) is 5.02. The van der Waals surface area contributed by atoms with Crippen LogP contribution in [-0.4, -0.2) is 16.4 Å². The van der Waals surface area contributed by atoms with E-state index in [0.29, 0.717) is 6.61 Å². The maximum Gasteiger partial charge on any atom is 0.274 e. The molecule has 0 bridgehead atoms. The SMILES string of the molecule is O=c1c2ccccc2[nH]n1C1CCOc2ccccc21. The largest absolute Gasteiger partial charge is 0.493 e. The van der Waals surface area contributed by atoms with Crippen molar-refractivity contribution in [2.75, 3.05) is 6.61 Å². The molecule has 3 aromatic rings. The third kappa shape index (κ3) is 1.58. The molecule has 0 spiro atoms. The molecule has 0 amide bonds. The Kier molecular flexibility index (Phi) is 2.42. The first-order valence-electron chi connectivity index (χ1n) is 6.75. The Morgan fingerprint density at radius 2 is 1.90 bits per heavy atom. The van der Waals surface area contributed by atoms with E-state index in [1.54, 1.807) is 4.68 Å². The highest BCUT2D eigenvalue weighted by molar-refractivity contribution is 5.77. The summed E-state index contributed by atoms with van der Waals surface area (Å²) in [6, 6.07) is 15.5. The molecule has 0 aliphatic carbocycles. The minimum atomic E-state index is 0.0137. The topological polar surface area (TPSA) is 47.0 Å². The number of nitrogens with zero attached hydrogens (tertiary/aromatic N) is 1. The van der Waals surface area contributed by atoms with E-state index in [1.807, 2.05) is 48.5 Å². The number of nitrogens with one attached hydrogen (secondary N) is 1. The molecule has 0 fully saturated rings. The zero-order valence-corrected chi connectivity index (χ0v) is 10.9. The molecule has 1 aliphatic rings. The van der Waals surface area contributed by atoms with Gasteiger partial charge in [-0.05, 0) is 18.2 Å². The van der Waals surface area contributed by atoms with E-state index in [9.17, 15) is 4.79 Å². The highest BCUT2D eigenvalue weighted by atomic mass is 16.5. The van der Waals surface area contributed by atoms with Crippen molar-refractivity contribution in [2.24, 2.45) is 0 Å². The van der Waals surface area contributed by atoms with Gasteiger partial charge in [-0.15, -0.1) is 0 Å². The van der Waals surface area contributed by atoms with E-state index in [1.165, 1.54) is 0 Å². The van der Waals surface area contributed by atoms with Crippen LogP contribution < -0.4 is 10.3 Å². The van der Waals surface area contributed by atoms with Gasteiger partial charge in [-0.2, -0.15) is 0 Å². The molecule has 1 atom stereocenters. The van der Waals surface area contributed by atoms with Gasteiger partial charge in [0.25, 0.3) is 5.56 Å². The second-order valence-electron chi connectivity index (χ2n) is 5.02. The van der Waals surface area contributed by atoms with Gasteiger partial charge in [-0.1, -0.05) is 30.3 Å². The number of H-pyrrole nitrogens is 1. The average molecular weight is 266 g/mol. The number of benzene rings is 2. The normalized spacial score (nSPS) is 17.7. The molecule has 2 heterocycles. The Hall–Kier alpha value is -2.49. The summed E-state index contributed by atoms with van der Waals surface area (Å²) < 4.78 is 7.39. The summed E-state index contributed by atoms with van der Waals surface area (Å²) >= 11 is 0. The predicted octanol–water partition coefficient (Wildman–Crippen LogP) is 2.70. The smallest absolute Gasteiger partial charge is 0.274 e. The quantitative estimate of drug-likeness (QED) is 0.736. The summed E-state index contributed by atoms with van der Waals surface area (Å²) in [6.45, 7) is 0.628. The molecular weight excluding hydrogens is 252 g/mol. The third-order valence-corrected chi connectivity index (χ3v) is 3.86. The summed E-state index contributed by atoms with van der Waals surface area (Å²) in [6.07, 6.45) is 0.795. The molecule has 1 aliphatic heterocycles. The highest BCUT2D eigenvalue weighted by Gasteiger charge is 2.24. The lowest BCUT2D eigenvalue weighted by Gasteiger charge is -2.26. The van der Waals surface area contributed by atoms with Gasteiger partial charge in [0.1, 0.15) is 5.75 Å². The van der Waals surface area contributed by atoms with Crippen molar-refractivity contribution in [3.8, 4) is 5.75 Å². The molecule has 0 saturated carbocycles. The fraction of sp³-hybridized carbons (Fsp3) is 0.188. The number of rotatable bonds is 1. The summed E-state index contributed by atoms with van der Waals surface area (Å²) in [5.74, 6) is 0.870. The summed E-state index contributed by atoms with van der Waals surface area (Å²) in [5.41, 5.74) is 1.97. The Bertz CT molecular complexity index is 832. The van der Waals surface area contributed by atoms with E-state index >= 15 is 0 Å². The van der Waals surface area contributed by atoms with E-state index in [2.05, 4.69) is 5.10 Å². The van der Waals surface area contributed by atoms with Crippen molar-refractivity contribution in [3.63, 3.8) is 0 Å². The van der Waals surface area contributed by atoms with Crippen LogP contribution in [0.1, 0.15) is 18.0 Å². The number of hydrogen-bond donors (Lipinski definition) is 1. The average Bonchev–Trinajstić information content (AvgIpc) is 2.84. The Labute approximate surface area is 115 Å². The Balaban J connectivity index is 1.93. The fourth-order valence-electron chi connectivity index (χ4n) is 2.89. The number of aromatic amines is 1. The highest BCUT2D eigenvalue weighted by Crippen LogP contribution is 2.33. The van der Waals surface area contributed by atoms with E-state index in [-0.39, 0.29) is 11.6 Å². The summed E-state index contributed by atoms with van der Waals surface area (Å²) in [5, 5.41) is 3.96. The van der Waals surface area contributed by atoms with Crippen LogP contribution in [0, 0.1) is 0 Å². The standard InChI is InChI=1S/C16H14N2O2/c19-16-11-5-1-3-7-13(11)17-18(16)14-9-10-20-15-8-4-2-6-12(14)15/h1-8,14,17H,9-10H2. The number of ether oxygens (including phenoxy) is 1. The van der Waals surface area contributed by atoms with Gasteiger partial charge < -0.3 is 4.74 Å². The lowest BCUT2D eigenvalue weighted by Crippen LogP contribution is -2.28. The van der Waals surface area contributed by atoms with Crippen LogP contribution in [0.4, 0.5) is 0 Å². The first-order chi connectivity index (χ1) is 9.84. The van der Waals surface area contributed by atoms with Gasteiger partial charge in [-0.3, -0.25) is 9.89 Å². The Morgan fingerprint density at radius 1 is 1.10 bits per heavy atom. The van der Waals surface area contributed by atoms with Crippen molar-refractivity contribution < 1.29 is 4.74 Å². The van der Waals surface area contributed by atoms with Gasteiger partial charge >= 0.3 is 0 Å². The van der Waals surface area contributed by atoms with Gasteiger partial charge in [0, 0.05) is 12.0 Å². The van der Waals surface area contributed by atoms with E-state index in [0.717, 1.165) is 28.6 Å². The van der Waals surface area contributed by atoms with Crippen molar-refractivity contribution in [2.45, 2.75) is 12.5 Å². The zero-order valence-electron chi connectivity index (χ0n) is 10.9. The monoisotopic (exact) mass is 266 g/mol. The molecule has 1 N–H and O–H groups in total. The predicted molar refractivity (Wildman–Crippen MR) is 77.3 cm³/mol. The van der Waals surface area contributed by atoms with Gasteiger partial charge in [0.2, 0.25) is 0 Å². The van der Waals surface area contributed by atoms with Crippen LogP contribution in [-0.2, 0) is 0 Å². The zero-order chi connectivity index (χ0) is 13.5. The van der Waals surface area contributed by atoms with Gasteiger partial charge in [0.05, 0.1) is 23.6 Å². The number of fused-ring (bicyclic) bond motifs is 2. The van der Waals surface area contributed by atoms with Crippen LogP contribution >= 0.6 is 0 Å². The summed E-state index contributed by atoms with van der Waals surface area (Å²) in [7, 11) is 0. The molecule has 1 aromatic heterocycles. The molecule has 100 valence electrons. The van der Waals surface area contributed by atoms with Crippen LogP contribution in [0.2, 0.25) is 0 Å². The Morgan fingerprint density at radius 3 is 2.80 bits per heavy atom. The van der Waals surface area contributed by atoms with Crippen molar-refractivity contribution >= 4 is 10.9 Å². The van der Waals surface area contributed by atoms with E-state index < -0.39 is 0 Å². The molecule has 0 radical (unpaired) electrons. The van der Waals surface area contributed by atoms with Crippen molar-refractivity contribution in [1.29, 1.82) is 0 Å². The summed E-state index contributed by atoms with van der Waals surface area (Å²) in [4.78, 5) is 12.5. The molecule has 20 heavy (non-hydrogen) atoms. The van der Waals surface area contributed by atoms with E-state index in [4.69, 9.17) is 4.74 Å². The first kappa shape index (κ1) is 11.3. The molecule has 2 aromatic carbocycles. The van der Waals surface area contributed by atoms with Gasteiger partial charge in [0.15, 0.2) is 0 Å². The van der Waals surface area contributed by atoms with Crippen LogP contribution in [0.3, 0.4) is 0 Å². The molecule has 4 rings (SSSR count).